The van der Waals surface area contributed by atoms with Crippen molar-refractivity contribution < 1.29 is 24.3 Å². The van der Waals surface area contributed by atoms with Gasteiger partial charge in [-0.15, -0.1) is 0 Å². The topological polar surface area (TPSA) is 139 Å². The van der Waals surface area contributed by atoms with Crippen LogP contribution in [-0.4, -0.2) is 47.3 Å². The molecule has 0 aromatic rings. The first-order chi connectivity index (χ1) is 9.18. The fourth-order valence-electron chi connectivity index (χ4n) is 1.31. The lowest BCUT2D eigenvalue weighted by Gasteiger charge is -2.20. The molecule has 0 aliphatic carbocycles. The molecule has 5 N–H and O–H groups in total. The molecule has 0 radical (unpaired) electrons. The van der Waals surface area contributed by atoms with E-state index in [1.807, 2.05) is 0 Å². The maximum absolute atomic E-state index is 11.7. The Kier molecular flexibility index (Phi) is 7.45. The van der Waals surface area contributed by atoms with Gasteiger partial charge in [-0.3, -0.25) is 14.4 Å². The van der Waals surface area contributed by atoms with Gasteiger partial charge < -0.3 is 26.3 Å². The normalized spacial score (nSPS) is 15.1. The van der Waals surface area contributed by atoms with Crippen LogP contribution in [0.4, 0.5) is 0 Å². The molecule has 8 nitrogen and oxygen atoms in total. The highest BCUT2D eigenvalue weighted by Crippen LogP contribution is 1.99. The number of amides is 2. The van der Waals surface area contributed by atoms with Crippen LogP contribution in [0.1, 0.15) is 27.2 Å². The van der Waals surface area contributed by atoms with Crippen molar-refractivity contribution in [3.8, 4) is 0 Å². The van der Waals surface area contributed by atoms with Crippen molar-refractivity contribution in [3.63, 3.8) is 0 Å². The summed E-state index contributed by atoms with van der Waals surface area (Å²) in [5, 5.41) is 13.2. The summed E-state index contributed by atoms with van der Waals surface area (Å²) in [6.07, 6.45) is -0.179. The number of carboxylic acids is 1. The van der Waals surface area contributed by atoms with Crippen LogP contribution in [0.25, 0.3) is 0 Å². The minimum atomic E-state index is -1.21. The number of carboxylic acid groups (broad SMARTS) is 1. The number of hydrogen-bond donors (Lipinski definition) is 4. The molecule has 0 saturated carbocycles. The molecule has 0 aliphatic heterocycles. The molecular formula is C12H21N3O5. The van der Waals surface area contributed by atoms with E-state index in [4.69, 9.17) is 10.8 Å². The van der Waals surface area contributed by atoms with Crippen LogP contribution >= 0.6 is 0 Å². The predicted molar refractivity (Wildman–Crippen MR) is 70.7 cm³/mol. The lowest BCUT2D eigenvalue weighted by Crippen LogP contribution is -2.53. The van der Waals surface area contributed by atoms with Gasteiger partial charge in [0, 0.05) is 0 Å². The second-order valence-electron chi connectivity index (χ2n) is 4.85. The van der Waals surface area contributed by atoms with Gasteiger partial charge in [-0.05, 0) is 12.8 Å². The Hall–Kier alpha value is -1.96. The summed E-state index contributed by atoms with van der Waals surface area (Å²) in [6.45, 7) is 4.96. The average molecular weight is 287 g/mol. The first kappa shape index (κ1) is 18.0. The predicted octanol–water partition coefficient (Wildman–Crippen LogP) is -1.37. The Morgan fingerprint density at radius 1 is 1.15 bits per heavy atom. The Labute approximate surface area is 117 Å². The Balaban J connectivity index is 4.44. The van der Waals surface area contributed by atoms with Gasteiger partial charge in [0.1, 0.15) is 12.3 Å². The van der Waals surface area contributed by atoms with E-state index in [0.717, 1.165) is 0 Å². The van der Waals surface area contributed by atoms with E-state index in [0.29, 0.717) is 6.29 Å². The van der Waals surface area contributed by atoms with E-state index in [9.17, 15) is 19.2 Å². The molecule has 0 unspecified atom stereocenters. The zero-order chi connectivity index (χ0) is 15.9. The van der Waals surface area contributed by atoms with Crippen molar-refractivity contribution >= 4 is 24.1 Å². The maximum Gasteiger partial charge on any atom is 0.305 e. The molecule has 114 valence electrons. The summed E-state index contributed by atoms with van der Waals surface area (Å²) in [5.41, 5.74) is 5.62. The van der Waals surface area contributed by atoms with E-state index < -0.39 is 42.3 Å². The summed E-state index contributed by atoms with van der Waals surface area (Å²) in [5.74, 6) is -2.42. The monoisotopic (exact) mass is 287 g/mol. The van der Waals surface area contributed by atoms with Crippen LogP contribution in [0.3, 0.4) is 0 Å². The summed E-state index contributed by atoms with van der Waals surface area (Å²) < 4.78 is 0. The van der Waals surface area contributed by atoms with Crippen molar-refractivity contribution in [3.05, 3.63) is 0 Å². The number of nitrogens with one attached hydrogen (secondary N) is 2. The zero-order valence-corrected chi connectivity index (χ0v) is 11.8. The van der Waals surface area contributed by atoms with Crippen molar-refractivity contribution in [1.29, 1.82) is 0 Å². The second kappa shape index (κ2) is 8.26. The number of rotatable bonds is 8. The second-order valence-corrected chi connectivity index (χ2v) is 4.85. The lowest BCUT2D eigenvalue weighted by molar-refractivity contribution is -0.139. The standard InChI is InChI=1S/C12H21N3O5/c1-6(2)10(13)12(20)14-7(3)11(19)15-8(5-16)4-9(17)18/h5-8,10H,4,13H2,1-3H3,(H,14,20)(H,15,19)(H,17,18)/t7-,8-,10-/m0/s1. The Morgan fingerprint density at radius 2 is 1.70 bits per heavy atom. The molecule has 0 aromatic heterocycles. The maximum atomic E-state index is 11.7. The summed E-state index contributed by atoms with van der Waals surface area (Å²) >= 11 is 0. The zero-order valence-electron chi connectivity index (χ0n) is 11.8. The lowest BCUT2D eigenvalue weighted by atomic mass is 10.0. The van der Waals surface area contributed by atoms with Crippen LogP contribution in [0.5, 0.6) is 0 Å². The molecule has 0 fully saturated rings. The third kappa shape index (κ3) is 6.28. The van der Waals surface area contributed by atoms with Gasteiger partial charge in [0.2, 0.25) is 11.8 Å². The minimum absolute atomic E-state index is 0.0833. The molecule has 0 aromatic carbocycles. The molecule has 8 heteroatoms. The summed E-state index contributed by atoms with van der Waals surface area (Å²) in [4.78, 5) is 44.5. The number of nitrogens with two attached hydrogens (primary N) is 1. The average Bonchev–Trinajstić information content (AvgIpc) is 2.35. The van der Waals surface area contributed by atoms with Gasteiger partial charge in [0.15, 0.2) is 0 Å². The molecule has 0 spiro atoms. The number of aldehydes is 1. The van der Waals surface area contributed by atoms with E-state index in [1.54, 1.807) is 13.8 Å². The number of carbonyl (C=O) groups excluding carboxylic acids is 3. The van der Waals surface area contributed by atoms with E-state index in [1.165, 1.54) is 6.92 Å². The molecule has 0 rings (SSSR count). The van der Waals surface area contributed by atoms with E-state index in [2.05, 4.69) is 10.6 Å². The van der Waals surface area contributed by atoms with Crippen LogP contribution in [0, 0.1) is 5.92 Å². The van der Waals surface area contributed by atoms with Crippen molar-refractivity contribution in [1.82, 2.24) is 10.6 Å². The highest BCUT2D eigenvalue weighted by atomic mass is 16.4. The molecule has 0 aliphatic rings. The van der Waals surface area contributed by atoms with Crippen molar-refractivity contribution in [2.24, 2.45) is 11.7 Å². The molecular weight excluding hydrogens is 266 g/mol. The van der Waals surface area contributed by atoms with E-state index >= 15 is 0 Å². The fourth-order valence-corrected chi connectivity index (χ4v) is 1.31. The van der Waals surface area contributed by atoms with Crippen molar-refractivity contribution in [2.45, 2.75) is 45.3 Å². The third-order valence-electron chi connectivity index (χ3n) is 2.66. The van der Waals surface area contributed by atoms with Crippen LogP contribution in [-0.2, 0) is 19.2 Å². The molecule has 0 saturated heterocycles. The fraction of sp³-hybridized carbons (Fsp3) is 0.667. The molecule has 3 atom stereocenters. The van der Waals surface area contributed by atoms with Crippen LogP contribution in [0.15, 0.2) is 0 Å². The Bertz CT molecular complexity index is 383. The largest absolute Gasteiger partial charge is 0.481 e. The van der Waals surface area contributed by atoms with Crippen molar-refractivity contribution in [2.75, 3.05) is 0 Å². The first-order valence-electron chi connectivity index (χ1n) is 6.22. The molecule has 0 heterocycles. The highest BCUT2D eigenvalue weighted by Gasteiger charge is 2.24. The van der Waals surface area contributed by atoms with Gasteiger partial charge in [-0.2, -0.15) is 0 Å². The minimum Gasteiger partial charge on any atom is -0.481 e. The van der Waals surface area contributed by atoms with Gasteiger partial charge >= 0.3 is 5.97 Å². The Morgan fingerprint density at radius 3 is 2.10 bits per heavy atom. The van der Waals surface area contributed by atoms with Gasteiger partial charge in [0.25, 0.3) is 0 Å². The van der Waals surface area contributed by atoms with Gasteiger partial charge in [-0.25, -0.2) is 0 Å². The van der Waals surface area contributed by atoms with Gasteiger partial charge in [0.05, 0.1) is 18.5 Å². The van der Waals surface area contributed by atoms with E-state index in [-0.39, 0.29) is 5.92 Å². The third-order valence-corrected chi connectivity index (χ3v) is 2.66. The van der Waals surface area contributed by atoms with Gasteiger partial charge in [-0.1, -0.05) is 13.8 Å². The smallest absolute Gasteiger partial charge is 0.305 e. The SMILES string of the molecule is CC(C)[C@H](N)C(=O)N[C@@H](C)C(=O)N[C@H](C=O)CC(=O)O. The molecule has 2 amide bonds. The van der Waals surface area contributed by atoms with Crippen LogP contribution < -0.4 is 16.4 Å². The first-order valence-corrected chi connectivity index (χ1v) is 6.22. The van der Waals surface area contributed by atoms with Crippen LogP contribution in [0.2, 0.25) is 0 Å². The quantitative estimate of drug-likeness (QED) is 0.406. The number of hydrogen-bond acceptors (Lipinski definition) is 5. The molecule has 0 bridgehead atoms. The molecule has 20 heavy (non-hydrogen) atoms. The number of carbonyl (C=O) groups is 4. The number of aliphatic carboxylic acids is 1. The summed E-state index contributed by atoms with van der Waals surface area (Å²) in [7, 11) is 0. The summed E-state index contributed by atoms with van der Waals surface area (Å²) in [6, 6.07) is -2.78. The highest BCUT2D eigenvalue weighted by molar-refractivity contribution is 5.91.